The SMILES string of the molecule is NCC1CNCCN1C1CCCC1. The second-order valence-electron chi connectivity index (χ2n) is 4.27. The molecule has 1 atom stereocenters. The Labute approximate surface area is 80.7 Å². The number of nitrogens with one attached hydrogen (secondary N) is 1. The van der Waals surface area contributed by atoms with E-state index in [1.54, 1.807) is 0 Å². The molecule has 0 spiro atoms. The highest BCUT2D eigenvalue weighted by Gasteiger charge is 2.29. The molecule has 3 heteroatoms. The zero-order chi connectivity index (χ0) is 9.10. The van der Waals surface area contributed by atoms with E-state index in [1.807, 2.05) is 0 Å². The van der Waals surface area contributed by atoms with E-state index in [9.17, 15) is 0 Å². The molecule has 0 radical (unpaired) electrons. The normalized spacial score (nSPS) is 32.5. The summed E-state index contributed by atoms with van der Waals surface area (Å²) in [6.45, 7) is 4.25. The lowest BCUT2D eigenvalue weighted by atomic mass is 10.1. The maximum atomic E-state index is 5.78. The average molecular weight is 183 g/mol. The highest BCUT2D eigenvalue weighted by Crippen LogP contribution is 2.25. The van der Waals surface area contributed by atoms with Crippen LogP contribution in [-0.2, 0) is 0 Å². The van der Waals surface area contributed by atoms with Gasteiger partial charge in [0.05, 0.1) is 0 Å². The minimum Gasteiger partial charge on any atom is -0.329 e. The Kier molecular flexibility index (Phi) is 3.19. The van der Waals surface area contributed by atoms with Gasteiger partial charge in [0.2, 0.25) is 0 Å². The van der Waals surface area contributed by atoms with Crippen molar-refractivity contribution < 1.29 is 0 Å². The van der Waals surface area contributed by atoms with Crippen molar-refractivity contribution in [3.05, 3.63) is 0 Å². The molecule has 1 saturated carbocycles. The molecular weight excluding hydrogens is 162 g/mol. The average Bonchev–Trinajstić information content (AvgIpc) is 2.70. The van der Waals surface area contributed by atoms with Crippen LogP contribution in [0.15, 0.2) is 0 Å². The van der Waals surface area contributed by atoms with Gasteiger partial charge in [-0.15, -0.1) is 0 Å². The molecule has 1 aliphatic heterocycles. The van der Waals surface area contributed by atoms with Crippen LogP contribution in [0.2, 0.25) is 0 Å². The second-order valence-corrected chi connectivity index (χ2v) is 4.27. The quantitative estimate of drug-likeness (QED) is 0.641. The summed E-state index contributed by atoms with van der Waals surface area (Å²) in [7, 11) is 0. The topological polar surface area (TPSA) is 41.3 Å². The van der Waals surface area contributed by atoms with E-state index in [1.165, 1.54) is 32.2 Å². The lowest BCUT2D eigenvalue weighted by molar-refractivity contribution is 0.113. The molecule has 3 nitrogen and oxygen atoms in total. The summed E-state index contributed by atoms with van der Waals surface area (Å²) in [6, 6.07) is 1.44. The number of piperazine rings is 1. The minimum absolute atomic E-state index is 0.594. The third kappa shape index (κ3) is 2.03. The molecule has 2 rings (SSSR count). The van der Waals surface area contributed by atoms with Crippen LogP contribution in [0.5, 0.6) is 0 Å². The maximum Gasteiger partial charge on any atom is 0.0346 e. The van der Waals surface area contributed by atoms with Gasteiger partial charge in [0.25, 0.3) is 0 Å². The van der Waals surface area contributed by atoms with E-state index < -0.39 is 0 Å². The number of nitrogens with two attached hydrogens (primary N) is 1. The summed E-state index contributed by atoms with van der Waals surface area (Å²) >= 11 is 0. The predicted molar refractivity (Wildman–Crippen MR) is 54.7 cm³/mol. The van der Waals surface area contributed by atoms with Crippen LogP contribution in [0.4, 0.5) is 0 Å². The third-order valence-corrected chi connectivity index (χ3v) is 3.46. The first-order chi connectivity index (χ1) is 6.42. The van der Waals surface area contributed by atoms with Gasteiger partial charge in [-0.2, -0.15) is 0 Å². The lowest BCUT2D eigenvalue weighted by Gasteiger charge is -2.39. The number of rotatable bonds is 2. The standard InChI is InChI=1S/C10H21N3/c11-7-10-8-12-5-6-13(10)9-3-1-2-4-9/h9-10,12H,1-8,11H2. The first-order valence-electron chi connectivity index (χ1n) is 5.58. The van der Waals surface area contributed by atoms with Gasteiger partial charge in [0.15, 0.2) is 0 Å². The molecular formula is C10H21N3. The van der Waals surface area contributed by atoms with Gasteiger partial charge < -0.3 is 11.1 Å². The summed E-state index contributed by atoms with van der Waals surface area (Å²) in [5, 5.41) is 3.42. The van der Waals surface area contributed by atoms with Crippen molar-refractivity contribution in [1.29, 1.82) is 0 Å². The molecule has 1 unspecified atom stereocenters. The molecule has 2 fully saturated rings. The van der Waals surface area contributed by atoms with Crippen molar-refractivity contribution in [2.75, 3.05) is 26.2 Å². The Morgan fingerprint density at radius 3 is 2.77 bits per heavy atom. The summed E-state index contributed by atoms with van der Waals surface area (Å²) in [4.78, 5) is 2.64. The molecule has 3 N–H and O–H groups in total. The zero-order valence-corrected chi connectivity index (χ0v) is 8.34. The molecule has 0 amide bonds. The van der Waals surface area contributed by atoms with Crippen LogP contribution in [0.1, 0.15) is 25.7 Å². The first kappa shape index (κ1) is 9.44. The van der Waals surface area contributed by atoms with Gasteiger partial charge >= 0.3 is 0 Å². The van der Waals surface area contributed by atoms with Crippen LogP contribution in [0, 0.1) is 0 Å². The Hall–Kier alpha value is -0.120. The van der Waals surface area contributed by atoms with Crippen molar-refractivity contribution in [2.24, 2.45) is 5.73 Å². The zero-order valence-electron chi connectivity index (χ0n) is 8.34. The van der Waals surface area contributed by atoms with Gasteiger partial charge in [0, 0.05) is 38.3 Å². The van der Waals surface area contributed by atoms with E-state index in [0.717, 1.165) is 25.7 Å². The molecule has 2 aliphatic rings. The fourth-order valence-electron chi connectivity index (χ4n) is 2.71. The van der Waals surface area contributed by atoms with Gasteiger partial charge in [-0.3, -0.25) is 4.90 Å². The van der Waals surface area contributed by atoms with Gasteiger partial charge in [0.1, 0.15) is 0 Å². The number of nitrogens with zero attached hydrogens (tertiary/aromatic N) is 1. The lowest BCUT2D eigenvalue weighted by Crippen LogP contribution is -2.57. The molecule has 76 valence electrons. The predicted octanol–water partition coefficient (Wildman–Crippen LogP) is 0.162. The van der Waals surface area contributed by atoms with Crippen LogP contribution in [0.3, 0.4) is 0 Å². The van der Waals surface area contributed by atoms with E-state index >= 15 is 0 Å². The molecule has 0 aromatic rings. The van der Waals surface area contributed by atoms with Crippen molar-refractivity contribution >= 4 is 0 Å². The summed E-state index contributed by atoms with van der Waals surface area (Å²) in [5.74, 6) is 0. The monoisotopic (exact) mass is 183 g/mol. The van der Waals surface area contributed by atoms with Crippen LogP contribution < -0.4 is 11.1 Å². The van der Waals surface area contributed by atoms with Crippen molar-refractivity contribution in [2.45, 2.75) is 37.8 Å². The summed E-state index contributed by atoms with van der Waals surface area (Å²) in [6.07, 6.45) is 5.64. The Balaban J connectivity index is 1.93. The van der Waals surface area contributed by atoms with Gasteiger partial charge in [-0.05, 0) is 12.8 Å². The van der Waals surface area contributed by atoms with Crippen molar-refractivity contribution in [3.8, 4) is 0 Å². The third-order valence-electron chi connectivity index (χ3n) is 3.46. The maximum absolute atomic E-state index is 5.78. The molecule has 0 aromatic carbocycles. The fourth-order valence-corrected chi connectivity index (χ4v) is 2.71. The Morgan fingerprint density at radius 1 is 1.31 bits per heavy atom. The van der Waals surface area contributed by atoms with Crippen LogP contribution in [0.25, 0.3) is 0 Å². The summed E-state index contributed by atoms with van der Waals surface area (Å²) in [5.41, 5.74) is 5.78. The first-order valence-corrected chi connectivity index (χ1v) is 5.58. The molecule has 1 heterocycles. The summed E-state index contributed by atoms with van der Waals surface area (Å²) < 4.78 is 0. The van der Waals surface area contributed by atoms with E-state index in [-0.39, 0.29) is 0 Å². The highest BCUT2D eigenvalue weighted by molar-refractivity contribution is 4.87. The molecule has 1 aliphatic carbocycles. The fraction of sp³-hybridized carbons (Fsp3) is 1.00. The Morgan fingerprint density at radius 2 is 2.08 bits per heavy atom. The van der Waals surface area contributed by atoms with Crippen molar-refractivity contribution in [3.63, 3.8) is 0 Å². The van der Waals surface area contributed by atoms with Gasteiger partial charge in [-0.1, -0.05) is 12.8 Å². The second kappa shape index (κ2) is 4.40. The number of hydrogen-bond donors (Lipinski definition) is 2. The molecule has 1 saturated heterocycles. The molecule has 0 aromatic heterocycles. The van der Waals surface area contributed by atoms with E-state index in [2.05, 4.69) is 10.2 Å². The largest absolute Gasteiger partial charge is 0.329 e. The Bertz CT molecular complexity index is 152. The van der Waals surface area contributed by atoms with Crippen LogP contribution in [-0.4, -0.2) is 43.2 Å². The minimum atomic E-state index is 0.594. The van der Waals surface area contributed by atoms with Crippen LogP contribution >= 0.6 is 0 Å². The van der Waals surface area contributed by atoms with E-state index in [4.69, 9.17) is 5.73 Å². The highest BCUT2D eigenvalue weighted by atomic mass is 15.2. The van der Waals surface area contributed by atoms with E-state index in [0.29, 0.717) is 6.04 Å². The van der Waals surface area contributed by atoms with Crippen molar-refractivity contribution in [1.82, 2.24) is 10.2 Å². The molecule has 0 bridgehead atoms. The number of hydrogen-bond acceptors (Lipinski definition) is 3. The van der Waals surface area contributed by atoms with Gasteiger partial charge in [-0.25, -0.2) is 0 Å². The smallest absolute Gasteiger partial charge is 0.0346 e. The molecule has 13 heavy (non-hydrogen) atoms.